The van der Waals surface area contributed by atoms with Crippen LogP contribution in [0.15, 0.2) is 24.3 Å². The molecule has 0 bridgehead atoms. The lowest BCUT2D eigenvalue weighted by Crippen LogP contribution is -2.27. The quantitative estimate of drug-likeness (QED) is 0.810. The number of ether oxygens (including phenoxy) is 1. The molecule has 2 rings (SSSR count). The molecule has 1 atom stereocenters. The second-order valence-corrected chi connectivity index (χ2v) is 5.32. The first-order valence-corrected chi connectivity index (χ1v) is 6.56. The second kappa shape index (κ2) is 5.54. The van der Waals surface area contributed by atoms with Gasteiger partial charge >= 0.3 is 0 Å². The van der Waals surface area contributed by atoms with Crippen LogP contribution >= 0.6 is 0 Å². The standard InChI is InChI=1S/C15H23NO/c1-11(2)13-5-4-6-14(9-13)16-15(10-17-3)12-7-8-12/h4-6,9,11-12,15-16H,7-8,10H2,1-3H3. The fourth-order valence-corrected chi connectivity index (χ4v) is 2.18. The van der Waals surface area contributed by atoms with E-state index in [9.17, 15) is 0 Å². The maximum absolute atomic E-state index is 5.29. The zero-order chi connectivity index (χ0) is 12.3. The van der Waals surface area contributed by atoms with E-state index in [4.69, 9.17) is 4.74 Å². The molecule has 2 heteroatoms. The van der Waals surface area contributed by atoms with Crippen molar-refractivity contribution in [3.63, 3.8) is 0 Å². The number of nitrogens with one attached hydrogen (secondary N) is 1. The van der Waals surface area contributed by atoms with Crippen LogP contribution in [0.25, 0.3) is 0 Å². The lowest BCUT2D eigenvalue weighted by molar-refractivity contribution is 0.179. The van der Waals surface area contributed by atoms with E-state index in [1.165, 1.54) is 24.1 Å². The van der Waals surface area contributed by atoms with Gasteiger partial charge in [-0.25, -0.2) is 0 Å². The maximum Gasteiger partial charge on any atom is 0.0666 e. The number of hydrogen-bond acceptors (Lipinski definition) is 2. The summed E-state index contributed by atoms with van der Waals surface area (Å²) in [6.45, 7) is 5.26. The van der Waals surface area contributed by atoms with Gasteiger partial charge in [0.2, 0.25) is 0 Å². The Morgan fingerprint density at radius 2 is 2.12 bits per heavy atom. The Kier molecular flexibility index (Phi) is 4.06. The van der Waals surface area contributed by atoms with Crippen molar-refractivity contribution in [3.05, 3.63) is 29.8 Å². The number of rotatable bonds is 6. The summed E-state index contributed by atoms with van der Waals surface area (Å²) in [7, 11) is 1.78. The van der Waals surface area contributed by atoms with E-state index in [0.29, 0.717) is 12.0 Å². The van der Waals surface area contributed by atoms with Crippen LogP contribution in [-0.2, 0) is 4.74 Å². The molecule has 1 fully saturated rings. The molecule has 94 valence electrons. The summed E-state index contributed by atoms with van der Waals surface area (Å²) >= 11 is 0. The summed E-state index contributed by atoms with van der Waals surface area (Å²) in [5.41, 5.74) is 2.62. The van der Waals surface area contributed by atoms with Gasteiger partial charge in [-0.05, 0) is 42.4 Å². The molecule has 1 aromatic carbocycles. The molecule has 1 aliphatic carbocycles. The molecule has 0 amide bonds. The van der Waals surface area contributed by atoms with Crippen molar-refractivity contribution in [3.8, 4) is 0 Å². The highest BCUT2D eigenvalue weighted by Gasteiger charge is 2.31. The number of benzene rings is 1. The van der Waals surface area contributed by atoms with Gasteiger partial charge in [0.25, 0.3) is 0 Å². The van der Waals surface area contributed by atoms with Crippen molar-refractivity contribution in [1.29, 1.82) is 0 Å². The van der Waals surface area contributed by atoms with Gasteiger partial charge in [-0.1, -0.05) is 26.0 Å². The molecule has 0 heterocycles. The van der Waals surface area contributed by atoms with E-state index < -0.39 is 0 Å². The van der Waals surface area contributed by atoms with Crippen LogP contribution in [0.2, 0.25) is 0 Å². The van der Waals surface area contributed by atoms with Crippen molar-refractivity contribution in [2.75, 3.05) is 19.0 Å². The summed E-state index contributed by atoms with van der Waals surface area (Å²) < 4.78 is 5.29. The first-order valence-electron chi connectivity index (χ1n) is 6.56. The molecule has 1 N–H and O–H groups in total. The molecule has 1 unspecified atom stereocenters. The van der Waals surface area contributed by atoms with Gasteiger partial charge in [0.05, 0.1) is 12.6 Å². The van der Waals surface area contributed by atoms with Gasteiger partial charge in [0, 0.05) is 12.8 Å². The Labute approximate surface area is 104 Å². The summed E-state index contributed by atoms with van der Waals surface area (Å²) in [6, 6.07) is 9.21. The molecular formula is C15H23NO. The lowest BCUT2D eigenvalue weighted by Gasteiger charge is -2.19. The van der Waals surface area contributed by atoms with Crippen molar-refractivity contribution in [1.82, 2.24) is 0 Å². The third-order valence-corrected chi connectivity index (χ3v) is 3.44. The SMILES string of the molecule is COCC(Nc1cccc(C(C)C)c1)C1CC1. The van der Waals surface area contributed by atoms with Crippen LogP contribution in [0, 0.1) is 5.92 Å². The summed E-state index contributed by atoms with van der Waals surface area (Å²) in [4.78, 5) is 0. The molecule has 2 nitrogen and oxygen atoms in total. The molecule has 0 aromatic heterocycles. The van der Waals surface area contributed by atoms with Gasteiger partial charge in [-0.3, -0.25) is 0 Å². The first-order chi connectivity index (χ1) is 8.20. The second-order valence-electron chi connectivity index (χ2n) is 5.32. The highest BCUT2D eigenvalue weighted by atomic mass is 16.5. The maximum atomic E-state index is 5.29. The normalized spacial score (nSPS) is 17.2. The van der Waals surface area contributed by atoms with Gasteiger partial charge in [-0.15, -0.1) is 0 Å². The molecular weight excluding hydrogens is 210 g/mol. The Bertz CT molecular complexity index is 358. The Morgan fingerprint density at radius 3 is 2.71 bits per heavy atom. The average Bonchev–Trinajstić information content (AvgIpc) is 3.13. The summed E-state index contributed by atoms with van der Waals surface area (Å²) in [6.07, 6.45) is 2.68. The minimum absolute atomic E-state index is 0.474. The molecule has 1 aliphatic rings. The summed E-state index contributed by atoms with van der Waals surface area (Å²) in [5.74, 6) is 1.39. The largest absolute Gasteiger partial charge is 0.383 e. The van der Waals surface area contributed by atoms with Gasteiger partial charge in [-0.2, -0.15) is 0 Å². The Morgan fingerprint density at radius 1 is 1.35 bits per heavy atom. The van der Waals surface area contributed by atoms with Crippen LogP contribution in [0.3, 0.4) is 0 Å². The third kappa shape index (κ3) is 3.47. The Balaban J connectivity index is 2.03. The van der Waals surface area contributed by atoms with Crippen molar-refractivity contribution in [2.45, 2.75) is 38.6 Å². The predicted molar refractivity (Wildman–Crippen MR) is 72.5 cm³/mol. The molecule has 0 radical (unpaired) electrons. The third-order valence-electron chi connectivity index (χ3n) is 3.44. The van der Waals surface area contributed by atoms with Crippen LogP contribution in [0.4, 0.5) is 5.69 Å². The average molecular weight is 233 g/mol. The fraction of sp³-hybridized carbons (Fsp3) is 0.600. The molecule has 17 heavy (non-hydrogen) atoms. The van der Waals surface area contributed by atoms with Crippen molar-refractivity contribution >= 4 is 5.69 Å². The molecule has 0 aliphatic heterocycles. The zero-order valence-corrected chi connectivity index (χ0v) is 11.1. The fourth-order valence-electron chi connectivity index (χ4n) is 2.18. The number of methoxy groups -OCH3 is 1. The molecule has 0 saturated heterocycles. The minimum atomic E-state index is 0.474. The summed E-state index contributed by atoms with van der Waals surface area (Å²) in [5, 5.41) is 3.61. The highest BCUT2D eigenvalue weighted by molar-refractivity contribution is 5.47. The van der Waals surface area contributed by atoms with Crippen molar-refractivity contribution in [2.24, 2.45) is 5.92 Å². The number of anilines is 1. The smallest absolute Gasteiger partial charge is 0.0666 e. The lowest BCUT2D eigenvalue weighted by atomic mass is 10.0. The van der Waals surface area contributed by atoms with Gasteiger partial charge < -0.3 is 10.1 Å². The van der Waals surface area contributed by atoms with E-state index in [0.717, 1.165) is 12.5 Å². The minimum Gasteiger partial charge on any atom is -0.383 e. The topological polar surface area (TPSA) is 21.3 Å². The molecule has 1 aromatic rings. The van der Waals surface area contributed by atoms with E-state index in [1.54, 1.807) is 7.11 Å². The zero-order valence-electron chi connectivity index (χ0n) is 11.1. The van der Waals surface area contributed by atoms with Crippen molar-refractivity contribution < 1.29 is 4.74 Å². The predicted octanol–water partition coefficient (Wildman–Crippen LogP) is 3.65. The number of hydrogen-bond donors (Lipinski definition) is 1. The van der Waals surface area contributed by atoms with Gasteiger partial charge in [0.1, 0.15) is 0 Å². The Hall–Kier alpha value is -1.02. The van der Waals surface area contributed by atoms with Crippen LogP contribution in [0.1, 0.15) is 38.2 Å². The van der Waals surface area contributed by atoms with Crippen LogP contribution < -0.4 is 5.32 Å². The van der Waals surface area contributed by atoms with E-state index in [2.05, 4.69) is 43.4 Å². The van der Waals surface area contributed by atoms with Crippen LogP contribution in [-0.4, -0.2) is 19.8 Å². The van der Waals surface area contributed by atoms with Gasteiger partial charge in [0.15, 0.2) is 0 Å². The van der Waals surface area contributed by atoms with E-state index >= 15 is 0 Å². The van der Waals surface area contributed by atoms with Crippen LogP contribution in [0.5, 0.6) is 0 Å². The molecule has 1 saturated carbocycles. The highest BCUT2D eigenvalue weighted by Crippen LogP contribution is 2.34. The first kappa shape index (κ1) is 12.4. The van der Waals surface area contributed by atoms with E-state index in [-0.39, 0.29) is 0 Å². The monoisotopic (exact) mass is 233 g/mol. The molecule has 0 spiro atoms. The van der Waals surface area contributed by atoms with E-state index in [1.807, 2.05) is 0 Å².